The first-order valence-electron chi connectivity index (χ1n) is 9.25. The van der Waals surface area contributed by atoms with E-state index in [9.17, 15) is 0 Å². The van der Waals surface area contributed by atoms with Gasteiger partial charge in [0.25, 0.3) is 0 Å². The van der Waals surface area contributed by atoms with Gasteiger partial charge in [-0.3, -0.25) is 0 Å². The summed E-state index contributed by atoms with van der Waals surface area (Å²) in [5.41, 5.74) is 4.96. The maximum absolute atomic E-state index is 2.72. The molecule has 1 aliphatic heterocycles. The fourth-order valence-corrected chi connectivity index (χ4v) is 5.15. The molecule has 1 heterocycles. The number of fused-ring (bicyclic) bond motifs is 3. The van der Waals surface area contributed by atoms with Crippen LogP contribution >= 0.6 is 0 Å². The lowest BCUT2D eigenvalue weighted by atomic mass is 9.65. The number of para-hydroxylation sites is 1. The maximum Gasteiger partial charge on any atom is 0.0433 e. The molecule has 1 aliphatic carbocycles. The zero-order valence-corrected chi connectivity index (χ0v) is 14.2. The fraction of sp³-hybridized carbons (Fsp3) is 0.455. The highest BCUT2D eigenvalue weighted by molar-refractivity contribution is 5.65. The summed E-state index contributed by atoms with van der Waals surface area (Å²) in [5.74, 6) is 0. The van der Waals surface area contributed by atoms with Crippen molar-refractivity contribution in [3.8, 4) is 0 Å². The Labute approximate surface area is 140 Å². The van der Waals surface area contributed by atoms with Crippen molar-refractivity contribution >= 4 is 5.69 Å². The summed E-state index contributed by atoms with van der Waals surface area (Å²) < 4.78 is 0. The van der Waals surface area contributed by atoms with Gasteiger partial charge in [-0.05, 0) is 36.5 Å². The minimum absolute atomic E-state index is 0.401. The van der Waals surface area contributed by atoms with Gasteiger partial charge in [0, 0.05) is 23.7 Å². The van der Waals surface area contributed by atoms with Crippen molar-refractivity contribution in [1.29, 1.82) is 0 Å². The van der Waals surface area contributed by atoms with Crippen LogP contribution in [-0.2, 0) is 12.0 Å². The normalized spacial score (nSPS) is 26.0. The second-order valence-corrected chi connectivity index (χ2v) is 7.30. The molecule has 0 N–H and O–H groups in total. The van der Waals surface area contributed by atoms with Gasteiger partial charge in [-0.1, -0.05) is 74.7 Å². The average molecular weight is 305 g/mol. The molecule has 1 saturated carbocycles. The van der Waals surface area contributed by atoms with Crippen molar-refractivity contribution in [2.75, 3.05) is 4.90 Å². The Kier molecular flexibility index (Phi) is 3.88. The van der Waals surface area contributed by atoms with Gasteiger partial charge in [0.2, 0.25) is 0 Å². The zero-order valence-electron chi connectivity index (χ0n) is 14.2. The van der Waals surface area contributed by atoms with Gasteiger partial charge in [0.15, 0.2) is 0 Å². The predicted octanol–water partition coefficient (Wildman–Crippen LogP) is 5.69. The Balaban J connectivity index is 1.77. The van der Waals surface area contributed by atoms with E-state index in [-0.39, 0.29) is 0 Å². The van der Waals surface area contributed by atoms with Gasteiger partial charge in [0.05, 0.1) is 0 Å². The maximum atomic E-state index is 2.72. The predicted molar refractivity (Wildman–Crippen MR) is 97.9 cm³/mol. The Morgan fingerprint density at radius 2 is 1.78 bits per heavy atom. The van der Waals surface area contributed by atoms with E-state index < -0.39 is 0 Å². The molecule has 2 aromatic carbocycles. The molecule has 2 atom stereocenters. The molecule has 1 fully saturated rings. The summed E-state index contributed by atoms with van der Waals surface area (Å²) in [7, 11) is 0. The minimum atomic E-state index is 0.401. The molecule has 1 nitrogen and oxygen atoms in total. The number of anilines is 1. The number of hydrogen-bond donors (Lipinski definition) is 0. The smallest absolute Gasteiger partial charge is 0.0433 e. The lowest BCUT2D eigenvalue weighted by molar-refractivity contribution is 0.238. The summed E-state index contributed by atoms with van der Waals surface area (Å²) in [6.45, 7) is 3.40. The van der Waals surface area contributed by atoms with Crippen LogP contribution in [0.15, 0.2) is 54.6 Å². The van der Waals surface area contributed by atoms with Crippen LogP contribution in [-0.4, -0.2) is 6.04 Å². The molecule has 0 amide bonds. The first-order chi connectivity index (χ1) is 11.3. The summed E-state index contributed by atoms with van der Waals surface area (Å²) >= 11 is 0. The van der Waals surface area contributed by atoms with E-state index in [0.29, 0.717) is 11.5 Å². The molecule has 0 bridgehead atoms. The molecule has 0 aromatic heterocycles. The fourth-order valence-electron chi connectivity index (χ4n) is 5.15. The van der Waals surface area contributed by atoms with Crippen molar-refractivity contribution in [2.24, 2.45) is 0 Å². The van der Waals surface area contributed by atoms with Crippen molar-refractivity contribution in [1.82, 2.24) is 0 Å². The molecular formula is C22H27N. The van der Waals surface area contributed by atoms with Crippen LogP contribution < -0.4 is 4.90 Å². The largest absolute Gasteiger partial charge is 0.363 e. The molecule has 4 rings (SSSR count). The molecule has 2 aliphatic rings. The molecule has 120 valence electrons. The summed E-state index contributed by atoms with van der Waals surface area (Å²) in [6, 6.07) is 20.9. The molecule has 2 aromatic rings. The monoisotopic (exact) mass is 305 g/mol. The van der Waals surface area contributed by atoms with Gasteiger partial charge < -0.3 is 4.90 Å². The first-order valence-corrected chi connectivity index (χ1v) is 9.25. The Morgan fingerprint density at radius 1 is 1.00 bits per heavy atom. The summed E-state index contributed by atoms with van der Waals surface area (Å²) in [4.78, 5) is 2.72. The summed E-state index contributed by atoms with van der Waals surface area (Å²) in [6.07, 6.45) is 8.11. The van der Waals surface area contributed by atoms with Crippen LogP contribution in [0.2, 0.25) is 0 Å². The second kappa shape index (κ2) is 6.03. The minimum Gasteiger partial charge on any atom is -0.363 e. The van der Waals surface area contributed by atoms with E-state index in [2.05, 4.69) is 66.4 Å². The number of nitrogens with zero attached hydrogens (tertiary/aromatic N) is 1. The third-order valence-electron chi connectivity index (χ3n) is 6.01. The van der Waals surface area contributed by atoms with Crippen molar-refractivity contribution < 1.29 is 0 Å². The first kappa shape index (κ1) is 14.8. The van der Waals surface area contributed by atoms with Crippen molar-refractivity contribution in [3.05, 3.63) is 65.7 Å². The molecule has 1 heteroatoms. The van der Waals surface area contributed by atoms with E-state index in [4.69, 9.17) is 0 Å². The molecule has 0 radical (unpaired) electrons. The number of rotatable bonds is 4. The van der Waals surface area contributed by atoms with E-state index in [1.807, 2.05) is 0 Å². The Morgan fingerprint density at radius 3 is 2.61 bits per heavy atom. The zero-order chi connectivity index (χ0) is 15.7. The topological polar surface area (TPSA) is 3.24 Å². The summed E-state index contributed by atoms with van der Waals surface area (Å²) in [5, 5.41) is 0. The lowest BCUT2D eigenvalue weighted by Crippen LogP contribution is -2.46. The van der Waals surface area contributed by atoms with E-state index in [0.717, 1.165) is 6.54 Å². The highest BCUT2D eigenvalue weighted by Gasteiger charge is 2.50. The van der Waals surface area contributed by atoms with Crippen LogP contribution in [0.4, 0.5) is 5.69 Å². The van der Waals surface area contributed by atoms with E-state index >= 15 is 0 Å². The highest BCUT2D eigenvalue weighted by atomic mass is 15.2. The van der Waals surface area contributed by atoms with Gasteiger partial charge in [0.1, 0.15) is 0 Å². The molecule has 0 spiro atoms. The van der Waals surface area contributed by atoms with Crippen LogP contribution in [0.3, 0.4) is 0 Å². The lowest BCUT2D eigenvalue weighted by Gasteiger charge is -2.43. The van der Waals surface area contributed by atoms with Gasteiger partial charge in [-0.25, -0.2) is 0 Å². The molecule has 0 saturated heterocycles. The van der Waals surface area contributed by atoms with Crippen LogP contribution in [0.5, 0.6) is 0 Å². The second-order valence-electron chi connectivity index (χ2n) is 7.30. The van der Waals surface area contributed by atoms with Gasteiger partial charge in [-0.2, -0.15) is 0 Å². The molecule has 23 heavy (non-hydrogen) atoms. The third-order valence-corrected chi connectivity index (χ3v) is 6.01. The third kappa shape index (κ3) is 2.38. The Bertz CT molecular complexity index is 659. The van der Waals surface area contributed by atoms with Gasteiger partial charge in [-0.15, -0.1) is 0 Å². The number of hydrogen-bond acceptors (Lipinski definition) is 1. The average Bonchev–Trinajstić information content (AvgIpc) is 2.87. The van der Waals surface area contributed by atoms with E-state index in [1.165, 1.54) is 49.8 Å². The van der Waals surface area contributed by atoms with Crippen LogP contribution in [0.1, 0.15) is 56.6 Å². The van der Waals surface area contributed by atoms with E-state index in [1.54, 1.807) is 5.56 Å². The van der Waals surface area contributed by atoms with Crippen molar-refractivity contribution in [3.63, 3.8) is 0 Å². The highest BCUT2D eigenvalue weighted by Crippen LogP contribution is 2.54. The molecule has 0 unspecified atom stereocenters. The standard InChI is InChI=1S/C22H27N/c1-2-15-22-16-9-8-14-21(22)23(17-18-10-4-3-5-11-18)20-13-7-6-12-19(20)22/h3-7,10-13,21H,2,8-9,14-17H2,1H3/t21-,22-/m0/s1. The Hall–Kier alpha value is -1.76. The SMILES string of the molecule is CCC[C@@]12CCCC[C@@H]1N(Cc1ccccc1)c1ccccc12. The van der Waals surface area contributed by atoms with Crippen LogP contribution in [0.25, 0.3) is 0 Å². The number of benzene rings is 2. The van der Waals surface area contributed by atoms with Crippen molar-refractivity contribution in [2.45, 2.75) is 63.5 Å². The molecular weight excluding hydrogens is 278 g/mol. The quantitative estimate of drug-likeness (QED) is 0.701. The van der Waals surface area contributed by atoms with Crippen LogP contribution in [0, 0.1) is 0 Å². The van der Waals surface area contributed by atoms with Gasteiger partial charge >= 0.3 is 0 Å².